The summed E-state index contributed by atoms with van der Waals surface area (Å²) >= 11 is 0. The van der Waals surface area contributed by atoms with Gasteiger partial charge in [0, 0.05) is 19.1 Å². The van der Waals surface area contributed by atoms with Crippen LogP contribution in [0.25, 0.3) is 0 Å². The standard InChI is InChI=1S/C16H34N2O3Si/c1-15(2,3)20-14(19)18-12-9-13(11-17-10-12)21-22(7,8)16(4,5)6/h12-13,17H,9-11H2,1-8H3,(H,18,19)/t12-,13+/m1/s1. The average Bonchev–Trinajstić information content (AvgIpc) is 2.23. The van der Waals surface area contributed by atoms with E-state index in [-0.39, 0.29) is 23.3 Å². The molecule has 0 aliphatic carbocycles. The van der Waals surface area contributed by atoms with E-state index in [0.717, 1.165) is 19.5 Å². The number of alkyl carbamates (subject to hydrolysis) is 1. The van der Waals surface area contributed by atoms with Crippen molar-refractivity contribution >= 4 is 14.4 Å². The van der Waals surface area contributed by atoms with Crippen LogP contribution in [0.5, 0.6) is 0 Å². The Morgan fingerprint density at radius 3 is 2.23 bits per heavy atom. The molecular weight excluding hydrogens is 296 g/mol. The highest BCUT2D eigenvalue weighted by atomic mass is 28.4. The molecule has 0 saturated carbocycles. The van der Waals surface area contributed by atoms with Crippen LogP contribution in [0.3, 0.4) is 0 Å². The molecule has 22 heavy (non-hydrogen) atoms. The van der Waals surface area contributed by atoms with Crippen molar-refractivity contribution in [1.29, 1.82) is 0 Å². The highest BCUT2D eigenvalue weighted by Gasteiger charge is 2.40. The third kappa shape index (κ3) is 6.26. The van der Waals surface area contributed by atoms with E-state index in [4.69, 9.17) is 9.16 Å². The van der Waals surface area contributed by atoms with E-state index >= 15 is 0 Å². The van der Waals surface area contributed by atoms with Gasteiger partial charge in [-0.15, -0.1) is 0 Å². The molecule has 0 unspecified atom stereocenters. The van der Waals surface area contributed by atoms with E-state index in [1.54, 1.807) is 0 Å². The second-order valence-electron chi connectivity index (χ2n) is 8.74. The first-order chi connectivity index (χ1) is 9.80. The van der Waals surface area contributed by atoms with E-state index in [1.807, 2.05) is 20.8 Å². The fourth-order valence-corrected chi connectivity index (χ4v) is 3.54. The van der Waals surface area contributed by atoms with Gasteiger partial charge in [0.05, 0.1) is 6.10 Å². The van der Waals surface area contributed by atoms with Crippen molar-refractivity contribution in [2.45, 2.75) is 83.8 Å². The number of ether oxygens (including phenoxy) is 1. The van der Waals surface area contributed by atoms with Gasteiger partial charge in [-0.3, -0.25) is 0 Å². The normalized spacial score (nSPS) is 24.0. The summed E-state index contributed by atoms with van der Waals surface area (Å²) in [6, 6.07) is 0.0540. The number of hydrogen-bond donors (Lipinski definition) is 2. The molecule has 2 N–H and O–H groups in total. The molecule has 1 aliphatic heterocycles. The van der Waals surface area contributed by atoms with Gasteiger partial charge < -0.3 is 19.8 Å². The summed E-state index contributed by atoms with van der Waals surface area (Å²) < 4.78 is 11.8. The zero-order valence-electron chi connectivity index (χ0n) is 15.5. The van der Waals surface area contributed by atoms with Gasteiger partial charge in [0.2, 0.25) is 0 Å². The van der Waals surface area contributed by atoms with E-state index < -0.39 is 13.9 Å². The highest BCUT2D eigenvalue weighted by molar-refractivity contribution is 6.74. The van der Waals surface area contributed by atoms with Gasteiger partial charge in [-0.25, -0.2) is 4.79 Å². The molecule has 5 nitrogen and oxygen atoms in total. The number of carbonyl (C=O) groups is 1. The fourth-order valence-electron chi connectivity index (χ4n) is 2.17. The zero-order chi connectivity index (χ0) is 17.2. The Labute approximate surface area is 136 Å². The Morgan fingerprint density at radius 2 is 1.73 bits per heavy atom. The lowest BCUT2D eigenvalue weighted by molar-refractivity contribution is 0.0468. The highest BCUT2D eigenvalue weighted by Crippen LogP contribution is 2.37. The molecule has 1 heterocycles. The molecule has 1 amide bonds. The van der Waals surface area contributed by atoms with Gasteiger partial charge >= 0.3 is 6.09 Å². The first kappa shape index (κ1) is 19.5. The van der Waals surface area contributed by atoms with Crippen LogP contribution in [0, 0.1) is 0 Å². The van der Waals surface area contributed by atoms with Gasteiger partial charge in [0.25, 0.3) is 0 Å². The Hall–Kier alpha value is -0.593. The van der Waals surface area contributed by atoms with Crippen LogP contribution in [-0.2, 0) is 9.16 Å². The SMILES string of the molecule is CC(C)(C)OC(=O)N[C@H]1CNC[C@@H](O[Si](C)(C)C(C)(C)C)C1. The van der Waals surface area contributed by atoms with Crippen LogP contribution in [0.4, 0.5) is 4.79 Å². The molecule has 0 radical (unpaired) electrons. The van der Waals surface area contributed by atoms with Crippen molar-refractivity contribution in [3.8, 4) is 0 Å². The quantitative estimate of drug-likeness (QED) is 0.780. The Kier molecular flexibility index (Phi) is 6.09. The van der Waals surface area contributed by atoms with Crippen molar-refractivity contribution in [1.82, 2.24) is 10.6 Å². The van der Waals surface area contributed by atoms with Crippen LogP contribution in [0.15, 0.2) is 0 Å². The van der Waals surface area contributed by atoms with E-state index in [1.165, 1.54) is 0 Å². The Bertz CT molecular complexity index is 386. The monoisotopic (exact) mass is 330 g/mol. The van der Waals surface area contributed by atoms with Crippen molar-refractivity contribution in [2.24, 2.45) is 0 Å². The minimum absolute atomic E-state index is 0.0540. The number of piperidine rings is 1. The number of rotatable bonds is 3. The molecule has 1 aliphatic rings. The molecule has 6 heteroatoms. The van der Waals surface area contributed by atoms with Crippen LogP contribution < -0.4 is 10.6 Å². The second-order valence-corrected chi connectivity index (χ2v) is 13.5. The lowest BCUT2D eigenvalue weighted by Crippen LogP contribution is -2.55. The van der Waals surface area contributed by atoms with Crippen molar-refractivity contribution in [3.05, 3.63) is 0 Å². The fraction of sp³-hybridized carbons (Fsp3) is 0.938. The van der Waals surface area contributed by atoms with Crippen LogP contribution in [-0.4, -0.2) is 45.2 Å². The van der Waals surface area contributed by atoms with Gasteiger partial charge in [-0.05, 0) is 45.3 Å². The first-order valence-corrected chi connectivity index (χ1v) is 11.1. The van der Waals surface area contributed by atoms with Crippen LogP contribution >= 0.6 is 0 Å². The maximum Gasteiger partial charge on any atom is 0.407 e. The van der Waals surface area contributed by atoms with Gasteiger partial charge in [0.15, 0.2) is 8.32 Å². The summed E-state index contributed by atoms with van der Waals surface area (Å²) in [6.07, 6.45) is 0.625. The molecule has 2 atom stereocenters. The number of nitrogens with one attached hydrogen (secondary N) is 2. The van der Waals surface area contributed by atoms with Crippen molar-refractivity contribution in [2.75, 3.05) is 13.1 Å². The summed E-state index contributed by atoms with van der Waals surface area (Å²) in [4.78, 5) is 11.9. The molecule has 1 fully saturated rings. The van der Waals surface area contributed by atoms with Gasteiger partial charge in [-0.2, -0.15) is 0 Å². The summed E-state index contributed by atoms with van der Waals surface area (Å²) in [6.45, 7) is 18.5. The Balaban J connectivity index is 2.53. The first-order valence-electron chi connectivity index (χ1n) is 8.18. The second kappa shape index (κ2) is 6.89. The van der Waals surface area contributed by atoms with Crippen LogP contribution in [0.2, 0.25) is 18.1 Å². The molecular formula is C16H34N2O3Si. The lowest BCUT2D eigenvalue weighted by Gasteiger charge is -2.41. The summed E-state index contributed by atoms with van der Waals surface area (Å²) in [5.74, 6) is 0. The maximum atomic E-state index is 11.9. The predicted octanol–water partition coefficient (Wildman–Crippen LogP) is 3.26. The third-order valence-corrected chi connectivity index (χ3v) is 8.83. The third-order valence-electron chi connectivity index (χ3n) is 4.30. The van der Waals surface area contributed by atoms with Gasteiger partial charge in [-0.1, -0.05) is 20.8 Å². The maximum absolute atomic E-state index is 11.9. The molecule has 1 rings (SSSR count). The molecule has 1 saturated heterocycles. The van der Waals surface area contributed by atoms with Gasteiger partial charge in [0.1, 0.15) is 5.60 Å². The summed E-state index contributed by atoms with van der Waals surface area (Å²) in [5, 5.41) is 6.49. The summed E-state index contributed by atoms with van der Waals surface area (Å²) in [5.41, 5.74) is -0.469. The lowest BCUT2D eigenvalue weighted by atomic mass is 10.1. The van der Waals surface area contributed by atoms with Crippen LogP contribution in [0.1, 0.15) is 48.0 Å². The van der Waals surface area contributed by atoms with Crippen molar-refractivity contribution < 1.29 is 14.0 Å². The summed E-state index contributed by atoms with van der Waals surface area (Å²) in [7, 11) is -1.78. The molecule has 0 aromatic heterocycles. The largest absolute Gasteiger partial charge is 0.444 e. The van der Waals surface area contributed by atoms with E-state index in [2.05, 4.69) is 44.5 Å². The minimum Gasteiger partial charge on any atom is -0.444 e. The molecule has 0 aromatic carbocycles. The topological polar surface area (TPSA) is 59.6 Å². The smallest absolute Gasteiger partial charge is 0.407 e. The van der Waals surface area contributed by atoms with Crippen molar-refractivity contribution in [3.63, 3.8) is 0 Å². The number of amides is 1. The average molecular weight is 331 g/mol. The Morgan fingerprint density at radius 1 is 1.14 bits per heavy atom. The molecule has 0 aromatic rings. The molecule has 0 bridgehead atoms. The van der Waals surface area contributed by atoms with E-state index in [0.29, 0.717) is 0 Å². The number of carbonyl (C=O) groups excluding carboxylic acids is 1. The molecule has 130 valence electrons. The minimum atomic E-state index is -1.78. The van der Waals surface area contributed by atoms with E-state index in [9.17, 15) is 4.79 Å². The zero-order valence-corrected chi connectivity index (χ0v) is 16.5. The molecule has 0 spiro atoms. The number of hydrogen-bond acceptors (Lipinski definition) is 4. The predicted molar refractivity (Wildman–Crippen MR) is 92.7 cm³/mol.